The third kappa shape index (κ3) is 3.68. The summed E-state index contributed by atoms with van der Waals surface area (Å²) in [6, 6.07) is 10.8. The Morgan fingerprint density at radius 2 is 2.14 bits per heavy atom. The van der Waals surface area contributed by atoms with Crippen LogP contribution in [0.2, 0.25) is 0 Å². The molecule has 3 rings (SSSR count). The highest BCUT2D eigenvalue weighted by Crippen LogP contribution is 2.26. The van der Waals surface area contributed by atoms with E-state index >= 15 is 0 Å². The third-order valence-corrected chi connectivity index (χ3v) is 5.09. The summed E-state index contributed by atoms with van der Waals surface area (Å²) in [5.74, 6) is 1.54. The highest BCUT2D eigenvalue weighted by molar-refractivity contribution is 5.76. The summed E-state index contributed by atoms with van der Waals surface area (Å²) in [5, 5.41) is 0. The number of benzene rings is 1. The number of rotatable bonds is 4. The second-order valence-electron chi connectivity index (χ2n) is 6.76. The van der Waals surface area contributed by atoms with Crippen LogP contribution in [0.1, 0.15) is 31.7 Å². The van der Waals surface area contributed by atoms with Gasteiger partial charge >= 0.3 is 0 Å². The SMILES string of the molecule is CC1CNNC1C1CCCN(C(=O)CCc2ccccc2)C1. The van der Waals surface area contributed by atoms with E-state index in [1.807, 2.05) is 18.2 Å². The van der Waals surface area contributed by atoms with Gasteiger partial charge in [0.25, 0.3) is 0 Å². The van der Waals surface area contributed by atoms with E-state index in [4.69, 9.17) is 0 Å². The lowest BCUT2D eigenvalue weighted by Crippen LogP contribution is -2.48. The molecule has 0 aromatic heterocycles. The van der Waals surface area contributed by atoms with E-state index in [9.17, 15) is 4.79 Å². The molecule has 4 heteroatoms. The minimum Gasteiger partial charge on any atom is -0.342 e. The molecule has 3 unspecified atom stereocenters. The summed E-state index contributed by atoms with van der Waals surface area (Å²) in [4.78, 5) is 14.6. The van der Waals surface area contributed by atoms with E-state index in [-0.39, 0.29) is 0 Å². The van der Waals surface area contributed by atoms with E-state index in [2.05, 4.69) is 34.8 Å². The number of hydrazine groups is 1. The van der Waals surface area contributed by atoms with Gasteiger partial charge in [0.2, 0.25) is 5.91 Å². The molecule has 120 valence electrons. The van der Waals surface area contributed by atoms with Crippen molar-refractivity contribution in [3.63, 3.8) is 0 Å². The van der Waals surface area contributed by atoms with Crippen LogP contribution in [-0.4, -0.2) is 36.5 Å². The molecule has 0 spiro atoms. The Morgan fingerprint density at radius 1 is 1.32 bits per heavy atom. The molecule has 1 aromatic rings. The van der Waals surface area contributed by atoms with Gasteiger partial charge in [-0.1, -0.05) is 37.3 Å². The molecule has 2 heterocycles. The lowest BCUT2D eigenvalue weighted by molar-refractivity contribution is -0.133. The monoisotopic (exact) mass is 301 g/mol. The van der Waals surface area contributed by atoms with Gasteiger partial charge in [-0.2, -0.15) is 0 Å². The van der Waals surface area contributed by atoms with Crippen LogP contribution < -0.4 is 10.9 Å². The van der Waals surface area contributed by atoms with Crippen LogP contribution in [0.5, 0.6) is 0 Å². The number of carbonyl (C=O) groups is 1. The molecule has 2 N–H and O–H groups in total. The lowest BCUT2D eigenvalue weighted by atomic mass is 9.85. The largest absolute Gasteiger partial charge is 0.342 e. The van der Waals surface area contributed by atoms with Crippen LogP contribution in [0, 0.1) is 11.8 Å². The van der Waals surface area contributed by atoms with Gasteiger partial charge in [-0.25, -0.2) is 0 Å². The van der Waals surface area contributed by atoms with Crippen molar-refractivity contribution in [1.29, 1.82) is 0 Å². The van der Waals surface area contributed by atoms with Crippen molar-refractivity contribution in [3.05, 3.63) is 35.9 Å². The Bertz CT molecular complexity index is 490. The molecule has 2 fully saturated rings. The average Bonchev–Trinajstić information content (AvgIpc) is 3.00. The Hall–Kier alpha value is -1.39. The highest BCUT2D eigenvalue weighted by Gasteiger charge is 2.34. The molecule has 2 saturated heterocycles. The van der Waals surface area contributed by atoms with Gasteiger partial charge in [0.1, 0.15) is 0 Å². The highest BCUT2D eigenvalue weighted by atomic mass is 16.2. The fraction of sp³-hybridized carbons (Fsp3) is 0.611. The van der Waals surface area contributed by atoms with E-state index in [1.165, 1.54) is 12.0 Å². The summed E-state index contributed by atoms with van der Waals surface area (Å²) in [6.07, 6.45) is 3.84. The van der Waals surface area contributed by atoms with Crippen LogP contribution in [0.15, 0.2) is 30.3 Å². The molecule has 0 bridgehead atoms. The minimum absolute atomic E-state index is 0.312. The third-order valence-electron chi connectivity index (χ3n) is 5.09. The molecule has 3 atom stereocenters. The molecule has 2 aliphatic heterocycles. The number of piperidine rings is 1. The molecule has 2 aliphatic rings. The van der Waals surface area contributed by atoms with Crippen molar-refractivity contribution in [2.45, 2.75) is 38.6 Å². The molecular formula is C18H27N3O. The van der Waals surface area contributed by atoms with Crippen molar-refractivity contribution in [2.24, 2.45) is 11.8 Å². The van der Waals surface area contributed by atoms with Crippen LogP contribution in [0.25, 0.3) is 0 Å². The van der Waals surface area contributed by atoms with Gasteiger partial charge in [0, 0.05) is 32.1 Å². The number of hydrogen-bond donors (Lipinski definition) is 2. The number of nitrogens with one attached hydrogen (secondary N) is 2. The fourth-order valence-corrected chi connectivity index (χ4v) is 3.77. The van der Waals surface area contributed by atoms with Crippen LogP contribution in [0.3, 0.4) is 0 Å². The summed E-state index contributed by atoms with van der Waals surface area (Å²) >= 11 is 0. The van der Waals surface area contributed by atoms with Gasteiger partial charge in [0.15, 0.2) is 0 Å². The van der Waals surface area contributed by atoms with Crippen molar-refractivity contribution in [3.8, 4) is 0 Å². The van der Waals surface area contributed by atoms with E-state index in [0.29, 0.717) is 30.2 Å². The predicted molar refractivity (Wildman–Crippen MR) is 88.2 cm³/mol. The van der Waals surface area contributed by atoms with E-state index in [0.717, 1.165) is 32.5 Å². The van der Waals surface area contributed by atoms with E-state index in [1.54, 1.807) is 0 Å². The first-order valence-corrected chi connectivity index (χ1v) is 8.54. The van der Waals surface area contributed by atoms with Crippen LogP contribution in [-0.2, 0) is 11.2 Å². The number of amides is 1. The molecule has 0 saturated carbocycles. The number of nitrogens with zero attached hydrogens (tertiary/aromatic N) is 1. The summed E-state index contributed by atoms with van der Waals surface area (Å²) in [6.45, 7) is 5.16. The van der Waals surface area contributed by atoms with Gasteiger partial charge in [-0.3, -0.25) is 15.6 Å². The zero-order valence-corrected chi connectivity index (χ0v) is 13.4. The van der Waals surface area contributed by atoms with Gasteiger partial charge < -0.3 is 4.90 Å². The van der Waals surface area contributed by atoms with Gasteiger partial charge in [0.05, 0.1) is 0 Å². The molecule has 1 amide bonds. The number of hydrogen-bond acceptors (Lipinski definition) is 3. The van der Waals surface area contributed by atoms with Gasteiger partial charge in [-0.15, -0.1) is 0 Å². The number of aryl methyl sites for hydroxylation is 1. The predicted octanol–water partition coefficient (Wildman–Crippen LogP) is 1.97. The standard InChI is InChI=1S/C18H27N3O/c1-14-12-19-20-18(14)16-8-5-11-21(13-16)17(22)10-9-15-6-3-2-4-7-15/h2-4,6-7,14,16,18-20H,5,8-13H2,1H3. The summed E-state index contributed by atoms with van der Waals surface area (Å²) < 4.78 is 0. The Balaban J connectivity index is 1.51. The molecule has 4 nitrogen and oxygen atoms in total. The number of carbonyl (C=O) groups excluding carboxylic acids is 1. The second kappa shape index (κ2) is 7.25. The first-order chi connectivity index (χ1) is 10.7. The van der Waals surface area contributed by atoms with Crippen LogP contribution >= 0.6 is 0 Å². The topological polar surface area (TPSA) is 44.4 Å². The first kappa shape index (κ1) is 15.5. The van der Waals surface area contributed by atoms with Crippen LogP contribution in [0.4, 0.5) is 0 Å². The maximum absolute atomic E-state index is 12.5. The molecule has 0 radical (unpaired) electrons. The molecular weight excluding hydrogens is 274 g/mol. The summed E-state index contributed by atoms with van der Waals surface area (Å²) in [5.41, 5.74) is 7.91. The minimum atomic E-state index is 0.312. The molecule has 22 heavy (non-hydrogen) atoms. The van der Waals surface area contributed by atoms with Crippen molar-refractivity contribution < 1.29 is 4.79 Å². The molecule has 1 aromatic carbocycles. The zero-order chi connectivity index (χ0) is 15.4. The lowest BCUT2D eigenvalue weighted by Gasteiger charge is -2.37. The normalized spacial score (nSPS) is 28.8. The quantitative estimate of drug-likeness (QED) is 0.894. The smallest absolute Gasteiger partial charge is 0.222 e. The zero-order valence-electron chi connectivity index (χ0n) is 13.4. The molecule has 0 aliphatic carbocycles. The maximum Gasteiger partial charge on any atom is 0.222 e. The second-order valence-corrected chi connectivity index (χ2v) is 6.76. The number of likely N-dealkylation sites (tertiary alicyclic amines) is 1. The van der Waals surface area contributed by atoms with E-state index < -0.39 is 0 Å². The fourth-order valence-electron chi connectivity index (χ4n) is 3.77. The first-order valence-electron chi connectivity index (χ1n) is 8.54. The van der Waals surface area contributed by atoms with Gasteiger partial charge in [-0.05, 0) is 36.7 Å². The summed E-state index contributed by atoms with van der Waals surface area (Å²) in [7, 11) is 0. The Morgan fingerprint density at radius 3 is 2.86 bits per heavy atom. The Labute approximate surface area is 133 Å². The van der Waals surface area contributed by atoms with Crippen molar-refractivity contribution in [1.82, 2.24) is 15.8 Å². The van der Waals surface area contributed by atoms with Crippen molar-refractivity contribution in [2.75, 3.05) is 19.6 Å². The average molecular weight is 301 g/mol. The Kier molecular flexibility index (Phi) is 5.11. The van der Waals surface area contributed by atoms with Crippen molar-refractivity contribution >= 4 is 5.91 Å². The maximum atomic E-state index is 12.5.